The normalized spacial score (nSPS) is 13.9. The van der Waals surface area contributed by atoms with Crippen molar-refractivity contribution in [2.75, 3.05) is 0 Å². The molecule has 2 nitrogen and oxygen atoms in total. The zero-order valence-electron chi connectivity index (χ0n) is 14.8. The van der Waals surface area contributed by atoms with Gasteiger partial charge in [0.25, 0.3) is 0 Å². The summed E-state index contributed by atoms with van der Waals surface area (Å²) in [4.78, 5) is 0. The maximum absolute atomic E-state index is 13.2. The fourth-order valence-electron chi connectivity index (χ4n) is 2.65. The van der Waals surface area contributed by atoms with Crippen LogP contribution in [0.4, 0.5) is 13.2 Å². The van der Waals surface area contributed by atoms with Crippen LogP contribution in [-0.2, 0) is 5.60 Å². The molecule has 0 fully saturated rings. The van der Waals surface area contributed by atoms with Crippen molar-refractivity contribution in [2.24, 2.45) is 0 Å². The van der Waals surface area contributed by atoms with E-state index in [0.717, 1.165) is 16.9 Å². The van der Waals surface area contributed by atoms with Gasteiger partial charge in [0.15, 0.2) is 5.60 Å². The molecular formula is C19H25F3O2. The van der Waals surface area contributed by atoms with Crippen LogP contribution in [-0.4, -0.2) is 11.3 Å². The Labute approximate surface area is 141 Å². The molecule has 0 aliphatic rings. The molecule has 1 N–H and O–H groups in total. The maximum Gasteiger partial charge on any atom is 0.421 e. The minimum Gasteiger partial charge on any atom is -0.466 e. The lowest BCUT2D eigenvalue weighted by Gasteiger charge is -2.30. The number of halogens is 3. The van der Waals surface area contributed by atoms with Gasteiger partial charge < -0.3 is 9.52 Å². The van der Waals surface area contributed by atoms with Crippen LogP contribution in [0, 0.1) is 13.8 Å². The van der Waals surface area contributed by atoms with Crippen molar-refractivity contribution in [1.82, 2.24) is 0 Å². The lowest BCUT2D eigenvalue weighted by Crippen LogP contribution is -2.42. The number of aryl methyl sites for hydroxylation is 2. The van der Waals surface area contributed by atoms with Gasteiger partial charge in [0.1, 0.15) is 11.5 Å². The Balaban J connectivity index is 0.00000139. The first-order valence-electron chi connectivity index (χ1n) is 8.16. The first-order valence-corrected chi connectivity index (χ1v) is 8.16. The highest BCUT2D eigenvalue weighted by molar-refractivity contribution is 5.66. The second kappa shape index (κ2) is 7.88. The second-order valence-corrected chi connectivity index (χ2v) is 5.51. The van der Waals surface area contributed by atoms with E-state index in [0.29, 0.717) is 5.76 Å². The van der Waals surface area contributed by atoms with Gasteiger partial charge in [-0.25, -0.2) is 0 Å². The number of rotatable bonds is 4. The van der Waals surface area contributed by atoms with Crippen molar-refractivity contribution < 1.29 is 22.7 Å². The molecule has 1 heterocycles. The van der Waals surface area contributed by atoms with Gasteiger partial charge in [0.2, 0.25) is 0 Å². The molecule has 0 bridgehead atoms. The fourth-order valence-corrected chi connectivity index (χ4v) is 2.65. The summed E-state index contributed by atoms with van der Waals surface area (Å²) in [5.74, 6) is 1.46. The number of benzene rings is 1. The van der Waals surface area contributed by atoms with Crippen LogP contribution in [0.25, 0.3) is 11.1 Å². The first kappa shape index (κ1) is 20.3. The molecule has 1 atom stereocenters. The molecule has 0 aliphatic heterocycles. The second-order valence-electron chi connectivity index (χ2n) is 5.51. The van der Waals surface area contributed by atoms with Crippen molar-refractivity contribution in [1.29, 1.82) is 0 Å². The quantitative estimate of drug-likeness (QED) is 0.724. The lowest BCUT2D eigenvalue weighted by atomic mass is 9.87. The highest BCUT2D eigenvalue weighted by Crippen LogP contribution is 2.42. The average molecular weight is 342 g/mol. The van der Waals surface area contributed by atoms with Gasteiger partial charge in [0, 0.05) is 5.56 Å². The average Bonchev–Trinajstić information content (AvgIpc) is 2.87. The van der Waals surface area contributed by atoms with Gasteiger partial charge in [-0.3, -0.25) is 0 Å². The third-order valence-electron chi connectivity index (χ3n) is 3.80. The van der Waals surface area contributed by atoms with Crippen LogP contribution in [0.2, 0.25) is 0 Å². The molecule has 5 heteroatoms. The molecule has 0 spiro atoms. The third kappa shape index (κ3) is 4.01. The maximum atomic E-state index is 13.2. The van der Waals surface area contributed by atoms with E-state index >= 15 is 0 Å². The summed E-state index contributed by atoms with van der Waals surface area (Å²) in [6.45, 7) is 9.23. The highest BCUT2D eigenvalue weighted by atomic mass is 19.4. The van der Waals surface area contributed by atoms with Crippen LogP contribution in [0.3, 0.4) is 0 Å². The molecule has 0 amide bonds. The number of hydrogen-bond acceptors (Lipinski definition) is 2. The van der Waals surface area contributed by atoms with E-state index in [1.807, 2.05) is 26.8 Å². The standard InChI is InChI=1S/C17H19F3O2.C2H6/c1-4-9-16(21,17(18,19)20)14-7-5-13(6-8-14)15-10-11(2)22-12(15)3;1-2/h5-8,10,21H,4,9H2,1-3H3;1-2H3. The Hall–Kier alpha value is -1.75. The molecule has 2 aromatic rings. The number of furan rings is 1. The summed E-state index contributed by atoms with van der Waals surface area (Å²) in [6, 6.07) is 7.67. The molecule has 0 saturated carbocycles. The summed E-state index contributed by atoms with van der Waals surface area (Å²) < 4.78 is 45.0. The summed E-state index contributed by atoms with van der Waals surface area (Å²) in [5.41, 5.74) is -1.33. The van der Waals surface area contributed by atoms with Crippen LogP contribution in [0.5, 0.6) is 0 Å². The van der Waals surface area contributed by atoms with Crippen LogP contribution in [0.15, 0.2) is 34.7 Å². The Bertz CT molecular complexity index is 642. The SMILES string of the molecule is CC.CCCC(O)(c1ccc(-c2cc(C)oc2C)cc1)C(F)(F)F. The van der Waals surface area contributed by atoms with Gasteiger partial charge in [-0.15, -0.1) is 0 Å². The monoisotopic (exact) mass is 342 g/mol. The number of hydrogen-bond donors (Lipinski definition) is 1. The fraction of sp³-hybridized carbons (Fsp3) is 0.474. The zero-order chi connectivity index (χ0) is 18.5. The summed E-state index contributed by atoms with van der Waals surface area (Å²) in [5, 5.41) is 10.1. The van der Waals surface area contributed by atoms with Gasteiger partial charge in [-0.1, -0.05) is 51.5 Å². The van der Waals surface area contributed by atoms with Crippen LogP contribution < -0.4 is 0 Å². The Morgan fingerprint density at radius 1 is 1.04 bits per heavy atom. The molecule has 0 saturated heterocycles. The first-order chi connectivity index (χ1) is 11.2. The molecule has 0 aliphatic carbocycles. The van der Waals surface area contributed by atoms with Gasteiger partial charge in [0.05, 0.1) is 0 Å². The largest absolute Gasteiger partial charge is 0.466 e. The van der Waals surface area contributed by atoms with Crippen molar-refractivity contribution in [3.8, 4) is 11.1 Å². The summed E-state index contributed by atoms with van der Waals surface area (Å²) in [7, 11) is 0. The Morgan fingerprint density at radius 2 is 1.58 bits per heavy atom. The lowest BCUT2D eigenvalue weighted by molar-refractivity contribution is -0.269. The van der Waals surface area contributed by atoms with Gasteiger partial charge >= 0.3 is 6.18 Å². The summed E-state index contributed by atoms with van der Waals surface area (Å²) >= 11 is 0. The van der Waals surface area contributed by atoms with E-state index in [1.54, 1.807) is 26.0 Å². The van der Waals surface area contributed by atoms with Crippen LogP contribution in [0.1, 0.15) is 50.7 Å². The van der Waals surface area contributed by atoms with E-state index < -0.39 is 11.8 Å². The minimum absolute atomic E-state index is 0.136. The third-order valence-corrected chi connectivity index (χ3v) is 3.80. The molecule has 0 radical (unpaired) electrons. The Kier molecular flexibility index (Phi) is 6.67. The van der Waals surface area contributed by atoms with E-state index in [9.17, 15) is 18.3 Å². The molecular weight excluding hydrogens is 317 g/mol. The predicted molar refractivity (Wildman–Crippen MR) is 89.8 cm³/mol. The summed E-state index contributed by atoms with van der Waals surface area (Å²) in [6.07, 6.45) is -4.83. The van der Waals surface area contributed by atoms with E-state index in [2.05, 4.69) is 0 Å². The van der Waals surface area contributed by atoms with Gasteiger partial charge in [-0.2, -0.15) is 13.2 Å². The molecule has 1 unspecified atom stereocenters. The molecule has 2 rings (SSSR count). The zero-order valence-corrected chi connectivity index (χ0v) is 14.8. The molecule has 134 valence electrons. The van der Waals surface area contributed by atoms with Crippen molar-refractivity contribution in [2.45, 2.75) is 59.2 Å². The van der Waals surface area contributed by atoms with E-state index in [1.165, 1.54) is 12.1 Å². The highest BCUT2D eigenvalue weighted by Gasteiger charge is 2.54. The molecule has 1 aromatic carbocycles. The van der Waals surface area contributed by atoms with Crippen molar-refractivity contribution in [3.63, 3.8) is 0 Å². The molecule has 24 heavy (non-hydrogen) atoms. The van der Waals surface area contributed by atoms with Gasteiger partial charge in [-0.05, 0) is 37.5 Å². The van der Waals surface area contributed by atoms with E-state index in [4.69, 9.17) is 4.42 Å². The number of alkyl halides is 3. The Morgan fingerprint density at radius 3 is 1.96 bits per heavy atom. The van der Waals surface area contributed by atoms with Crippen molar-refractivity contribution >= 4 is 0 Å². The molecule has 1 aromatic heterocycles. The minimum atomic E-state index is -4.70. The topological polar surface area (TPSA) is 33.4 Å². The van der Waals surface area contributed by atoms with E-state index in [-0.39, 0.29) is 18.4 Å². The predicted octanol–water partition coefficient (Wildman–Crippen LogP) is 6.14. The van der Waals surface area contributed by atoms with Crippen LogP contribution >= 0.6 is 0 Å². The number of aliphatic hydroxyl groups is 1. The smallest absolute Gasteiger partial charge is 0.421 e. The van der Waals surface area contributed by atoms with Crippen molar-refractivity contribution in [3.05, 3.63) is 47.4 Å².